The second-order valence-corrected chi connectivity index (χ2v) is 9.37. The van der Waals surface area contributed by atoms with Crippen molar-refractivity contribution in [3.63, 3.8) is 0 Å². The molecule has 0 spiro atoms. The van der Waals surface area contributed by atoms with E-state index in [1.807, 2.05) is 47.4 Å². The summed E-state index contributed by atoms with van der Waals surface area (Å²) in [5, 5.41) is 9.66. The summed E-state index contributed by atoms with van der Waals surface area (Å²) in [6.45, 7) is 0.0794. The topological polar surface area (TPSA) is 76.1 Å². The fourth-order valence-electron chi connectivity index (χ4n) is 5.14. The molecule has 1 fully saturated rings. The summed E-state index contributed by atoms with van der Waals surface area (Å²) in [5.41, 5.74) is 3.90. The predicted octanol–water partition coefficient (Wildman–Crippen LogP) is 5.09. The lowest BCUT2D eigenvalue weighted by molar-refractivity contribution is -0.139. The van der Waals surface area contributed by atoms with Crippen molar-refractivity contribution in [3.8, 4) is 11.5 Å². The Hall–Kier alpha value is -3.51. The molecule has 3 aromatic rings. The molecule has 1 heterocycles. The number of aliphatic carboxylic acids is 1. The van der Waals surface area contributed by atoms with Crippen molar-refractivity contribution >= 4 is 23.5 Å². The first-order chi connectivity index (χ1) is 17.0. The highest BCUT2D eigenvalue weighted by Crippen LogP contribution is 2.53. The van der Waals surface area contributed by atoms with Crippen LogP contribution < -0.4 is 9.47 Å². The highest BCUT2D eigenvalue weighted by molar-refractivity contribution is 6.30. The number of nitrogens with zero attached hydrogens (tertiary/aromatic N) is 1. The standard InChI is InChI=1S/C28H26ClNO5/c1-34-24-9-5-4-8-20(24)21-15-22(21)28(33)30-13-12-17-6-2-3-7-19(17)27(30)23-14-18(29)10-11-25(23)35-16-26(31)32/h2-11,14,21-22,27H,12-13,15-16H2,1H3,(H,31,32)/t21-,22+,27?/m0/s1. The molecule has 6 nitrogen and oxygen atoms in total. The molecule has 5 rings (SSSR count). The van der Waals surface area contributed by atoms with E-state index in [9.17, 15) is 9.59 Å². The maximum Gasteiger partial charge on any atom is 0.341 e. The van der Waals surface area contributed by atoms with E-state index >= 15 is 0 Å². The third-order valence-corrected chi connectivity index (χ3v) is 7.07. The number of benzene rings is 3. The van der Waals surface area contributed by atoms with Gasteiger partial charge in [0.2, 0.25) is 5.91 Å². The van der Waals surface area contributed by atoms with Crippen LogP contribution in [0.1, 0.15) is 40.6 Å². The van der Waals surface area contributed by atoms with Gasteiger partial charge in [-0.2, -0.15) is 0 Å². The average molecular weight is 492 g/mol. The SMILES string of the molecule is COc1ccccc1[C@@H]1C[C@H]1C(=O)N1CCc2ccccc2C1c1cc(Cl)ccc1OCC(=O)O. The monoisotopic (exact) mass is 491 g/mol. The number of ether oxygens (including phenoxy) is 2. The van der Waals surface area contributed by atoms with E-state index in [0.717, 1.165) is 35.3 Å². The summed E-state index contributed by atoms with van der Waals surface area (Å²) in [7, 11) is 1.65. The van der Waals surface area contributed by atoms with E-state index in [-0.39, 0.29) is 17.7 Å². The molecule has 0 aromatic heterocycles. The second-order valence-electron chi connectivity index (χ2n) is 8.94. The van der Waals surface area contributed by atoms with Crippen LogP contribution in [-0.4, -0.2) is 42.1 Å². The van der Waals surface area contributed by atoms with E-state index in [4.69, 9.17) is 26.2 Å². The summed E-state index contributed by atoms with van der Waals surface area (Å²) < 4.78 is 11.2. The number of halogens is 1. The van der Waals surface area contributed by atoms with E-state index in [1.54, 1.807) is 25.3 Å². The molecule has 1 amide bonds. The van der Waals surface area contributed by atoms with Gasteiger partial charge in [-0.3, -0.25) is 4.79 Å². The molecule has 3 atom stereocenters. The highest BCUT2D eigenvalue weighted by atomic mass is 35.5. The van der Waals surface area contributed by atoms with Crippen LogP contribution in [0.3, 0.4) is 0 Å². The lowest BCUT2D eigenvalue weighted by Crippen LogP contribution is -2.41. The van der Waals surface area contributed by atoms with Crippen molar-refractivity contribution in [2.45, 2.75) is 24.8 Å². The van der Waals surface area contributed by atoms with Gasteiger partial charge in [-0.15, -0.1) is 0 Å². The van der Waals surface area contributed by atoms with Crippen molar-refractivity contribution < 1.29 is 24.2 Å². The minimum atomic E-state index is -1.07. The largest absolute Gasteiger partial charge is 0.496 e. The van der Waals surface area contributed by atoms with Gasteiger partial charge in [0.05, 0.1) is 13.2 Å². The van der Waals surface area contributed by atoms with Crippen molar-refractivity contribution in [2.24, 2.45) is 5.92 Å². The zero-order valence-corrected chi connectivity index (χ0v) is 20.1. The first-order valence-electron chi connectivity index (χ1n) is 11.6. The quantitative estimate of drug-likeness (QED) is 0.498. The maximum absolute atomic E-state index is 13.9. The molecule has 0 radical (unpaired) electrons. The molecule has 1 aliphatic heterocycles. The molecular formula is C28H26ClNO5. The van der Waals surface area contributed by atoms with Crippen LogP contribution in [0.5, 0.6) is 11.5 Å². The van der Waals surface area contributed by atoms with Gasteiger partial charge in [-0.05, 0) is 59.7 Å². The van der Waals surface area contributed by atoms with Gasteiger partial charge < -0.3 is 19.5 Å². The van der Waals surface area contributed by atoms with Crippen molar-refractivity contribution in [1.82, 2.24) is 4.90 Å². The molecule has 1 unspecified atom stereocenters. The van der Waals surface area contributed by atoms with E-state index in [1.165, 1.54) is 0 Å². The molecule has 7 heteroatoms. The molecule has 2 aliphatic rings. The first-order valence-corrected chi connectivity index (χ1v) is 12.0. The van der Waals surface area contributed by atoms with Crippen molar-refractivity contribution in [2.75, 3.05) is 20.3 Å². The van der Waals surface area contributed by atoms with Crippen molar-refractivity contribution in [3.05, 3.63) is 94.0 Å². The van der Waals surface area contributed by atoms with E-state index in [2.05, 4.69) is 6.07 Å². The zero-order chi connectivity index (χ0) is 24.5. The number of carbonyl (C=O) groups is 2. The van der Waals surface area contributed by atoms with Gasteiger partial charge in [-0.25, -0.2) is 4.79 Å². The van der Waals surface area contributed by atoms with Crippen LogP contribution in [0.25, 0.3) is 0 Å². The van der Waals surface area contributed by atoms with Crippen LogP contribution >= 0.6 is 11.6 Å². The van der Waals surface area contributed by atoms with E-state index < -0.39 is 18.6 Å². The summed E-state index contributed by atoms with van der Waals surface area (Å²) in [6, 6.07) is 20.6. The molecule has 3 aromatic carbocycles. The van der Waals surface area contributed by atoms with Gasteiger partial charge in [0, 0.05) is 23.0 Å². The molecule has 180 valence electrons. The normalized spacial score (nSPS) is 20.6. The first kappa shape index (κ1) is 23.2. The Balaban J connectivity index is 1.52. The van der Waals surface area contributed by atoms with Crippen LogP contribution in [0, 0.1) is 5.92 Å². The van der Waals surface area contributed by atoms with Gasteiger partial charge in [0.15, 0.2) is 6.61 Å². The van der Waals surface area contributed by atoms with Gasteiger partial charge >= 0.3 is 5.97 Å². The Morgan fingerprint density at radius 2 is 1.74 bits per heavy atom. The van der Waals surface area contributed by atoms with Gasteiger partial charge in [-0.1, -0.05) is 54.1 Å². The number of rotatable bonds is 7. The Labute approximate surface area is 209 Å². The lowest BCUT2D eigenvalue weighted by atomic mass is 9.87. The number of carboxylic acid groups (broad SMARTS) is 1. The second kappa shape index (κ2) is 9.62. The summed E-state index contributed by atoms with van der Waals surface area (Å²) >= 11 is 6.38. The number of hydrogen-bond donors (Lipinski definition) is 1. The number of methoxy groups -OCH3 is 1. The average Bonchev–Trinajstić information content (AvgIpc) is 3.67. The third-order valence-electron chi connectivity index (χ3n) is 6.83. The number of para-hydroxylation sites is 1. The van der Waals surface area contributed by atoms with Crippen LogP contribution in [0.2, 0.25) is 5.02 Å². The predicted molar refractivity (Wildman–Crippen MR) is 132 cm³/mol. The van der Waals surface area contributed by atoms with Crippen LogP contribution in [0.15, 0.2) is 66.7 Å². The number of carboxylic acids is 1. The highest BCUT2D eigenvalue weighted by Gasteiger charge is 2.49. The Bertz CT molecular complexity index is 1280. The third kappa shape index (κ3) is 4.58. The van der Waals surface area contributed by atoms with E-state index in [0.29, 0.717) is 22.9 Å². The van der Waals surface area contributed by atoms with Crippen molar-refractivity contribution in [1.29, 1.82) is 0 Å². The van der Waals surface area contributed by atoms with Gasteiger partial charge in [0.25, 0.3) is 0 Å². The fourth-order valence-corrected chi connectivity index (χ4v) is 5.32. The smallest absolute Gasteiger partial charge is 0.341 e. The Morgan fingerprint density at radius 1 is 1.00 bits per heavy atom. The van der Waals surface area contributed by atoms with Crippen LogP contribution in [-0.2, 0) is 16.0 Å². The number of hydrogen-bond acceptors (Lipinski definition) is 4. The summed E-state index contributed by atoms with van der Waals surface area (Å²) in [4.78, 5) is 27.0. The summed E-state index contributed by atoms with van der Waals surface area (Å²) in [6.07, 6.45) is 1.51. The van der Waals surface area contributed by atoms with Crippen LogP contribution in [0.4, 0.5) is 0 Å². The summed E-state index contributed by atoms with van der Waals surface area (Å²) in [5.74, 6) is 0.186. The Morgan fingerprint density at radius 3 is 2.51 bits per heavy atom. The maximum atomic E-state index is 13.9. The zero-order valence-electron chi connectivity index (χ0n) is 19.3. The number of fused-ring (bicyclic) bond motifs is 1. The number of carbonyl (C=O) groups excluding carboxylic acids is 1. The molecule has 1 aliphatic carbocycles. The molecule has 1 N–H and O–H groups in total. The number of amides is 1. The Kier molecular flexibility index (Phi) is 6.39. The molecule has 35 heavy (non-hydrogen) atoms. The minimum absolute atomic E-state index is 0.0737. The minimum Gasteiger partial charge on any atom is -0.496 e. The van der Waals surface area contributed by atoms with Gasteiger partial charge in [0.1, 0.15) is 11.5 Å². The molecule has 0 bridgehead atoms. The fraction of sp³-hybridized carbons (Fsp3) is 0.286. The molecule has 0 saturated heterocycles. The lowest BCUT2D eigenvalue weighted by Gasteiger charge is -2.38. The molecule has 1 saturated carbocycles. The molecular weight excluding hydrogens is 466 g/mol.